The quantitative estimate of drug-likeness (QED) is 0.450. The molecule has 0 N–H and O–H groups in total. The van der Waals surface area contributed by atoms with E-state index in [9.17, 15) is 4.79 Å². The van der Waals surface area contributed by atoms with Gasteiger partial charge < -0.3 is 4.74 Å². The summed E-state index contributed by atoms with van der Waals surface area (Å²) in [6, 6.07) is 0. The molecule has 0 bridgehead atoms. The van der Waals surface area contributed by atoms with Crippen LogP contribution in [0.5, 0.6) is 0 Å². The summed E-state index contributed by atoms with van der Waals surface area (Å²) < 4.78 is 4.76. The number of carbonyl (C=O) groups excluding carboxylic acids is 1. The molecule has 0 saturated heterocycles. The van der Waals surface area contributed by atoms with Gasteiger partial charge in [-0.15, -0.1) is 0 Å². The van der Waals surface area contributed by atoms with Crippen molar-refractivity contribution in [3.63, 3.8) is 0 Å². The molecule has 68 valence electrons. The Kier molecular flexibility index (Phi) is 6.07. The van der Waals surface area contributed by atoms with E-state index in [4.69, 9.17) is 4.74 Å². The minimum absolute atomic E-state index is 0.130. The van der Waals surface area contributed by atoms with Gasteiger partial charge in [-0.1, -0.05) is 24.8 Å². The van der Waals surface area contributed by atoms with Crippen molar-refractivity contribution in [2.75, 3.05) is 6.61 Å². The molecule has 0 aliphatic rings. The van der Waals surface area contributed by atoms with E-state index in [1.54, 1.807) is 13.0 Å². The lowest BCUT2D eigenvalue weighted by atomic mass is 10.1. The summed E-state index contributed by atoms with van der Waals surface area (Å²) in [5.41, 5.74) is 0.972. The summed E-state index contributed by atoms with van der Waals surface area (Å²) in [5, 5.41) is 0. The molecule has 0 heterocycles. The summed E-state index contributed by atoms with van der Waals surface area (Å²) in [6.45, 7) is 9.59. The molecule has 12 heavy (non-hydrogen) atoms. The molecule has 0 unspecified atom stereocenters. The van der Waals surface area contributed by atoms with Gasteiger partial charge in [0.15, 0.2) is 0 Å². The maximum atomic E-state index is 10.8. The van der Waals surface area contributed by atoms with Crippen LogP contribution >= 0.6 is 0 Å². The second-order valence-corrected chi connectivity index (χ2v) is 2.52. The minimum atomic E-state index is -0.130. The zero-order valence-corrected chi connectivity index (χ0v) is 7.64. The monoisotopic (exact) mass is 168 g/mol. The largest absolute Gasteiger partial charge is 0.466 e. The molecule has 0 saturated carbocycles. The first-order valence-corrected chi connectivity index (χ1v) is 4.16. The van der Waals surface area contributed by atoms with Gasteiger partial charge in [-0.2, -0.15) is 0 Å². The molecule has 0 aromatic carbocycles. The topological polar surface area (TPSA) is 26.3 Å². The fraction of sp³-hybridized carbons (Fsp3) is 0.500. The number of esters is 1. The van der Waals surface area contributed by atoms with E-state index < -0.39 is 0 Å². The molecule has 0 aromatic rings. The summed E-state index contributed by atoms with van der Waals surface area (Å²) in [4.78, 5) is 10.8. The Labute approximate surface area is 73.9 Å². The van der Waals surface area contributed by atoms with Crippen LogP contribution in [0.4, 0.5) is 0 Å². The van der Waals surface area contributed by atoms with Gasteiger partial charge in [0.2, 0.25) is 0 Å². The van der Waals surface area contributed by atoms with Crippen LogP contribution in [0.3, 0.4) is 0 Å². The van der Waals surface area contributed by atoms with Gasteiger partial charge in [0.1, 0.15) is 0 Å². The zero-order valence-electron chi connectivity index (χ0n) is 7.64. The lowest BCUT2D eigenvalue weighted by Gasteiger charge is -2.00. The van der Waals surface area contributed by atoms with Crippen molar-refractivity contribution in [2.45, 2.75) is 26.2 Å². The fourth-order valence-corrected chi connectivity index (χ4v) is 0.795. The van der Waals surface area contributed by atoms with E-state index in [0.29, 0.717) is 13.0 Å². The van der Waals surface area contributed by atoms with Crippen molar-refractivity contribution in [3.8, 4) is 0 Å². The number of hydrogen-bond donors (Lipinski definition) is 0. The molecule has 2 nitrogen and oxygen atoms in total. The SMILES string of the molecule is C=CC(=C)CCCC(=O)OCC. The van der Waals surface area contributed by atoms with Crippen molar-refractivity contribution < 1.29 is 9.53 Å². The molecule has 0 spiro atoms. The number of ether oxygens (including phenoxy) is 1. The second kappa shape index (κ2) is 6.65. The second-order valence-electron chi connectivity index (χ2n) is 2.52. The molecule has 0 amide bonds. The van der Waals surface area contributed by atoms with Gasteiger partial charge in [-0.3, -0.25) is 4.79 Å². The Hall–Kier alpha value is -1.05. The van der Waals surface area contributed by atoms with Crippen LogP contribution < -0.4 is 0 Å². The summed E-state index contributed by atoms with van der Waals surface area (Å²) >= 11 is 0. The van der Waals surface area contributed by atoms with Crippen LogP contribution in [0.25, 0.3) is 0 Å². The van der Waals surface area contributed by atoms with Gasteiger partial charge in [0.05, 0.1) is 6.61 Å². The van der Waals surface area contributed by atoms with Gasteiger partial charge in [0, 0.05) is 6.42 Å². The van der Waals surface area contributed by atoms with Crippen molar-refractivity contribution in [3.05, 3.63) is 24.8 Å². The molecule has 0 rings (SSSR count). The van der Waals surface area contributed by atoms with E-state index in [0.717, 1.165) is 18.4 Å². The Morgan fingerprint density at radius 1 is 1.50 bits per heavy atom. The highest BCUT2D eigenvalue weighted by molar-refractivity contribution is 5.69. The zero-order chi connectivity index (χ0) is 9.40. The van der Waals surface area contributed by atoms with E-state index in [1.165, 1.54) is 0 Å². The van der Waals surface area contributed by atoms with Crippen LogP contribution in [0, 0.1) is 0 Å². The van der Waals surface area contributed by atoms with E-state index in [-0.39, 0.29) is 5.97 Å². The van der Waals surface area contributed by atoms with Gasteiger partial charge in [-0.05, 0) is 19.8 Å². The van der Waals surface area contributed by atoms with Crippen LogP contribution in [0.1, 0.15) is 26.2 Å². The first kappa shape index (κ1) is 11.0. The van der Waals surface area contributed by atoms with Crippen LogP contribution in [0.2, 0.25) is 0 Å². The molecular formula is C10H16O2. The highest BCUT2D eigenvalue weighted by Gasteiger charge is 2.00. The first-order valence-electron chi connectivity index (χ1n) is 4.16. The smallest absolute Gasteiger partial charge is 0.305 e. The summed E-state index contributed by atoms with van der Waals surface area (Å²) in [5.74, 6) is -0.130. The van der Waals surface area contributed by atoms with Crippen LogP contribution in [-0.2, 0) is 9.53 Å². The van der Waals surface area contributed by atoms with Crippen LogP contribution in [-0.4, -0.2) is 12.6 Å². The van der Waals surface area contributed by atoms with Crippen molar-refractivity contribution in [2.24, 2.45) is 0 Å². The Balaban J connectivity index is 3.36. The van der Waals surface area contributed by atoms with E-state index in [2.05, 4.69) is 13.2 Å². The average molecular weight is 168 g/mol. The molecule has 0 aliphatic carbocycles. The van der Waals surface area contributed by atoms with E-state index in [1.807, 2.05) is 0 Å². The van der Waals surface area contributed by atoms with Crippen molar-refractivity contribution in [1.82, 2.24) is 0 Å². The summed E-state index contributed by atoms with van der Waals surface area (Å²) in [6.07, 6.45) is 3.80. The Bertz CT molecular complexity index is 171. The molecule has 0 fully saturated rings. The maximum absolute atomic E-state index is 10.8. The lowest BCUT2D eigenvalue weighted by molar-refractivity contribution is -0.143. The van der Waals surface area contributed by atoms with Crippen molar-refractivity contribution >= 4 is 5.97 Å². The number of hydrogen-bond acceptors (Lipinski definition) is 2. The number of rotatable bonds is 6. The molecule has 0 atom stereocenters. The first-order chi connectivity index (χ1) is 5.70. The third-order valence-corrected chi connectivity index (χ3v) is 1.47. The van der Waals surface area contributed by atoms with Gasteiger partial charge in [0.25, 0.3) is 0 Å². The standard InChI is InChI=1S/C10H16O2/c1-4-9(3)7-6-8-10(11)12-5-2/h4H,1,3,5-8H2,2H3. The molecule has 0 aliphatic heterocycles. The molecule has 0 radical (unpaired) electrons. The van der Waals surface area contributed by atoms with Crippen LogP contribution in [0.15, 0.2) is 24.8 Å². The maximum Gasteiger partial charge on any atom is 0.305 e. The summed E-state index contributed by atoms with van der Waals surface area (Å²) in [7, 11) is 0. The third-order valence-electron chi connectivity index (χ3n) is 1.47. The average Bonchev–Trinajstić information content (AvgIpc) is 2.04. The number of allylic oxidation sites excluding steroid dienone is 2. The predicted octanol–water partition coefficient (Wildman–Crippen LogP) is 2.46. The highest BCUT2D eigenvalue weighted by atomic mass is 16.5. The highest BCUT2D eigenvalue weighted by Crippen LogP contribution is 2.06. The Morgan fingerprint density at radius 2 is 2.17 bits per heavy atom. The minimum Gasteiger partial charge on any atom is -0.466 e. The molecular weight excluding hydrogens is 152 g/mol. The fourth-order valence-electron chi connectivity index (χ4n) is 0.795. The normalized spacial score (nSPS) is 9.08. The van der Waals surface area contributed by atoms with Gasteiger partial charge in [-0.25, -0.2) is 0 Å². The molecule has 2 heteroatoms. The third kappa shape index (κ3) is 5.71. The lowest BCUT2D eigenvalue weighted by Crippen LogP contribution is -2.03. The molecule has 0 aromatic heterocycles. The predicted molar refractivity (Wildman–Crippen MR) is 49.8 cm³/mol. The van der Waals surface area contributed by atoms with Gasteiger partial charge >= 0.3 is 5.97 Å². The van der Waals surface area contributed by atoms with Crippen molar-refractivity contribution in [1.29, 1.82) is 0 Å². The number of carbonyl (C=O) groups is 1. The Morgan fingerprint density at radius 3 is 2.67 bits per heavy atom. The van der Waals surface area contributed by atoms with E-state index >= 15 is 0 Å².